The molecular formula is C15H18N2O. The highest BCUT2D eigenvalue weighted by molar-refractivity contribution is 5.23. The molecule has 94 valence electrons. The summed E-state index contributed by atoms with van der Waals surface area (Å²) in [6.07, 6.45) is 1.90. The summed E-state index contributed by atoms with van der Waals surface area (Å²) >= 11 is 0. The third-order valence-corrected chi connectivity index (χ3v) is 2.80. The van der Waals surface area contributed by atoms with Gasteiger partial charge in [-0.1, -0.05) is 30.3 Å². The zero-order valence-electron chi connectivity index (χ0n) is 10.6. The van der Waals surface area contributed by atoms with Crippen LogP contribution < -0.4 is 5.32 Å². The van der Waals surface area contributed by atoms with Crippen molar-refractivity contribution in [3.8, 4) is 0 Å². The monoisotopic (exact) mass is 242 g/mol. The number of nitrogens with one attached hydrogen (secondary N) is 1. The van der Waals surface area contributed by atoms with E-state index in [1.165, 1.54) is 11.1 Å². The molecule has 2 N–H and O–H groups in total. The molecule has 2 rings (SSSR count). The second kappa shape index (κ2) is 6.28. The second-order valence-corrected chi connectivity index (χ2v) is 4.39. The maximum Gasteiger partial charge on any atom is 0.0681 e. The number of aliphatic hydroxyl groups is 1. The van der Waals surface area contributed by atoms with Crippen molar-refractivity contribution in [2.45, 2.75) is 26.6 Å². The summed E-state index contributed by atoms with van der Waals surface area (Å²) in [6, 6.07) is 12.1. The van der Waals surface area contributed by atoms with Crippen LogP contribution in [0, 0.1) is 6.92 Å². The lowest BCUT2D eigenvalue weighted by atomic mass is 10.1. The Balaban J connectivity index is 1.86. The van der Waals surface area contributed by atoms with Crippen LogP contribution in [0.2, 0.25) is 0 Å². The minimum absolute atomic E-state index is 0.0930. The molecule has 0 bridgehead atoms. The van der Waals surface area contributed by atoms with Crippen LogP contribution in [0.15, 0.2) is 42.6 Å². The number of aliphatic hydroxyl groups excluding tert-OH is 1. The number of hydrogen-bond donors (Lipinski definition) is 2. The number of benzene rings is 1. The predicted molar refractivity (Wildman–Crippen MR) is 71.9 cm³/mol. The number of aryl methyl sites for hydroxylation is 1. The van der Waals surface area contributed by atoms with Gasteiger partial charge in [-0.05, 0) is 29.7 Å². The highest BCUT2D eigenvalue weighted by atomic mass is 16.3. The van der Waals surface area contributed by atoms with Gasteiger partial charge in [-0.25, -0.2) is 0 Å². The smallest absolute Gasteiger partial charge is 0.0681 e. The summed E-state index contributed by atoms with van der Waals surface area (Å²) in [4.78, 5) is 4.26. The van der Waals surface area contributed by atoms with Crippen LogP contribution in [0.4, 0.5) is 0 Å². The number of aromatic nitrogens is 1. The van der Waals surface area contributed by atoms with Crippen molar-refractivity contribution < 1.29 is 5.11 Å². The first-order valence-corrected chi connectivity index (χ1v) is 6.09. The zero-order chi connectivity index (χ0) is 12.8. The van der Waals surface area contributed by atoms with Crippen molar-refractivity contribution in [1.82, 2.24) is 10.3 Å². The third-order valence-electron chi connectivity index (χ3n) is 2.80. The molecule has 0 aliphatic carbocycles. The van der Waals surface area contributed by atoms with Crippen LogP contribution >= 0.6 is 0 Å². The third kappa shape index (κ3) is 3.65. The summed E-state index contributed by atoms with van der Waals surface area (Å²) < 4.78 is 0. The number of pyridine rings is 1. The summed E-state index contributed by atoms with van der Waals surface area (Å²) in [7, 11) is 0. The van der Waals surface area contributed by atoms with Crippen LogP contribution in [-0.2, 0) is 19.7 Å². The van der Waals surface area contributed by atoms with Crippen molar-refractivity contribution in [2.75, 3.05) is 0 Å². The molecule has 1 aromatic heterocycles. The Bertz CT molecular complexity index is 494. The fourth-order valence-electron chi connectivity index (χ4n) is 1.79. The largest absolute Gasteiger partial charge is 0.392 e. The van der Waals surface area contributed by atoms with Crippen LogP contribution in [0.5, 0.6) is 0 Å². The minimum atomic E-state index is 0.0930. The molecule has 1 heterocycles. The molecule has 3 heteroatoms. The zero-order valence-corrected chi connectivity index (χ0v) is 10.6. The summed E-state index contributed by atoms with van der Waals surface area (Å²) in [5.41, 5.74) is 4.35. The lowest BCUT2D eigenvalue weighted by Gasteiger charge is -2.06. The molecule has 0 saturated carbocycles. The van der Waals surface area contributed by atoms with E-state index >= 15 is 0 Å². The molecule has 0 unspecified atom stereocenters. The number of hydrogen-bond acceptors (Lipinski definition) is 3. The standard InChI is InChI=1S/C15H18N2O/c1-12-5-6-15(10-17-12)9-16-8-13-3-2-4-14(7-13)11-18/h2-7,10,16,18H,8-9,11H2,1H3. The molecule has 0 saturated heterocycles. The maximum absolute atomic E-state index is 9.06. The Morgan fingerprint density at radius 3 is 2.56 bits per heavy atom. The Morgan fingerprint density at radius 2 is 1.83 bits per heavy atom. The lowest BCUT2D eigenvalue weighted by molar-refractivity contribution is 0.281. The van der Waals surface area contributed by atoms with Gasteiger partial charge in [0.25, 0.3) is 0 Å². The summed E-state index contributed by atoms with van der Waals surface area (Å²) in [5, 5.41) is 12.4. The van der Waals surface area contributed by atoms with Gasteiger partial charge in [0.1, 0.15) is 0 Å². The molecule has 18 heavy (non-hydrogen) atoms. The molecule has 3 nitrogen and oxygen atoms in total. The van der Waals surface area contributed by atoms with Crippen molar-refractivity contribution >= 4 is 0 Å². The number of rotatable bonds is 5. The molecule has 0 aliphatic heterocycles. The molecule has 0 atom stereocenters. The molecule has 0 amide bonds. The first-order valence-electron chi connectivity index (χ1n) is 6.09. The van der Waals surface area contributed by atoms with Crippen molar-refractivity contribution in [1.29, 1.82) is 0 Å². The molecule has 1 aromatic carbocycles. The van der Waals surface area contributed by atoms with Crippen LogP contribution in [-0.4, -0.2) is 10.1 Å². The first kappa shape index (κ1) is 12.7. The molecule has 0 aliphatic rings. The normalized spacial score (nSPS) is 10.6. The van der Waals surface area contributed by atoms with Crippen molar-refractivity contribution in [3.05, 3.63) is 65.0 Å². The van der Waals surface area contributed by atoms with Crippen LogP contribution in [0.25, 0.3) is 0 Å². The topological polar surface area (TPSA) is 45.1 Å². The van der Waals surface area contributed by atoms with E-state index in [2.05, 4.69) is 22.4 Å². The fraction of sp³-hybridized carbons (Fsp3) is 0.267. The minimum Gasteiger partial charge on any atom is -0.392 e. The Labute approximate surface area is 108 Å². The van der Waals surface area contributed by atoms with E-state index in [-0.39, 0.29) is 6.61 Å². The van der Waals surface area contributed by atoms with E-state index in [4.69, 9.17) is 5.11 Å². The Kier molecular flexibility index (Phi) is 4.45. The van der Waals surface area contributed by atoms with Gasteiger partial charge in [0.05, 0.1) is 6.61 Å². The summed E-state index contributed by atoms with van der Waals surface area (Å²) in [5.74, 6) is 0. The van der Waals surface area contributed by atoms with Crippen LogP contribution in [0.3, 0.4) is 0 Å². The van der Waals surface area contributed by atoms with E-state index in [0.29, 0.717) is 0 Å². The molecule has 0 spiro atoms. The van der Waals surface area contributed by atoms with Crippen LogP contribution in [0.1, 0.15) is 22.4 Å². The second-order valence-electron chi connectivity index (χ2n) is 4.39. The molecule has 2 aromatic rings. The van der Waals surface area contributed by atoms with Gasteiger partial charge < -0.3 is 10.4 Å². The number of nitrogens with zero attached hydrogens (tertiary/aromatic N) is 1. The van der Waals surface area contributed by atoms with Gasteiger partial charge in [0.15, 0.2) is 0 Å². The lowest BCUT2D eigenvalue weighted by Crippen LogP contribution is -2.13. The maximum atomic E-state index is 9.06. The average molecular weight is 242 g/mol. The molecular weight excluding hydrogens is 224 g/mol. The van der Waals surface area contributed by atoms with E-state index in [1.807, 2.05) is 37.4 Å². The highest BCUT2D eigenvalue weighted by Crippen LogP contribution is 2.05. The van der Waals surface area contributed by atoms with Crippen molar-refractivity contribution in [3.63, 3.8) is 0 Å². The molecule has 0 radical (unpaired) electrons. The van der Waals surface area contributed by atoms with E-state index in [0.717, 1.165) is 24.3 Å². The van der Waals surface area contributed by atoms with E-state index in [9.17, 15) is 0 Å². The Morgan fingerprint density at radius 1 is 1.06 bits per heavy atom. The average Bonchev–Trinajstić information content (AvgIpc) is 2.41. The van der Waals surface area contributed by atoms with Gasteiger partial charge >= 0.3 is 0 Å². The van der Waals surface area contributed by atoms with Gasteiger partial charge in [-0.3, -0.25) is 4.98 Å². The highest BCUT2D eigenvalue weighted by Gasteiger charge is 1.96. The Hall–Kier alpha value is -1.71. The quantitative estimate of drug-likeness (QED) is 0.844. The van der Waals surface area contributed by atoms with Gasteiger partial charge in [0, 0.05) is 25.0 Å². The predicted octanol–water partition coefficient (Wildman–Crippen LogP) is 2.17. The molecule has 0 fully saturated rings. The first-order chi connectivity index (χ1) is 8.78. The fourth-order valence-corrected chi connectivity index (χ4v) is 1.79. The summed E-state index contributed by atoms with van der Waals surface area (Å²) in [6.45, 7) is 3.67. The van der Waals surface area contributed by atoms with Gasteiger partial charge in [-0.2, -0.15) is 0 Å². The SMILES string of the molecule is Cc1ccc(CNCc2cccc(CO)c2)cn1. The van der Waals surface area contributed by atoms with Gasteiger partial charge in [-0.15, -0.1) is 0 Å². The van der Waals surface area contributed by atoms with Gasteiger partial charge in [0.2, 0.25) is 0 Å². The van der Waals surface area contributed by atoms with E-state index in [1.54, 1.807) is 0 Å². The van der Waals surface area contributed by atoms with E-state index < -0.39 is 0 Å². The van der Waals surface area contributed by atoms with Crippen molar-refractivity contribution in [2.24, 2.45) is 0 Å².